The van der Waals surface area contributed by atoms with E-state index in [1.807, 2.05) is 27.7 Å². The summed E-state index contributed by atoms with van der Waals surface area (Å²) in [5, 5.41) is 25.7. The summed E-state index contributed by atoms with van der Waals surface area (Å²) in [6.07, 6.45) is 2.49. The van der Waals surface area contributed by atoms with Crippen LogP contribution >= 0.6 is 0 Å². The van der Waals surface area contributed by atoms with Gasteiger partial charge in [-0.3, -0.25) is 14.4 Å². The summed E-state index contributed by atoms with van der Waals surface area (Å²) in [5.41, 5.74) is 11.5. The minimum atomic E-state index is -1.48. The maximum atomic E-state index is 13.0. The van der Waals surface area contributed by atoms with Crippen LogP contribution in [0.15, 0.2) is 0 Å². The number of hydrogen-bond donors (Lipinski definition) is 7. The van der Waals surface area contributed by atoms with E-state index in [0.717, 1.165) is 0 Å². The number of aliphatic hydroxyl groups is 1. The third-order valence-corrected chi connectivity index (χ3v) is 5.28. The average Bonchev–Trinajstić information content (AvgIpc) is 2.74. The molecule has 0 heterocycles. The molecule has 32 heavy (non-hydrogen) atoms. The Morgan fingerprint density at radius 2 is 1.41 bits per heavy atom. The zero-order valence-electron chi connectivity index (χ0n) is 19.6. The van der Waals surface area contributed by atoms with Crippen LogP contribution in [0.3, 0.4) is 0 Å². The molecule has 0 saturated carbocycles. The van der Waals surface area contributed by atoms with Gasteiger partial charge in [-0.25, -0.2) is 4.79 Å². The number of carboxylic acid groups (broad SMARTS) is 1. The van der Waals surface area contributed by atoms with Crippen molar-refractivity contribution in [3.63, 3.8) is 0 Å². The highest BCUT2D eigenvalue weighted by atomic mass is 16.4. The summed E-state index contributed by atoms with van der Waals surface area (Å²) in [4.78, 5) is 49.2. The number of carbonyl (C=O) groups excluding carboxylic acids is 3. The molecule has 0 spiro atoms. The Bertz CT molecular complexity index is 615. The van der Waals surface area contributed by atoms with Gasteiger partial charge in [0.15, 0.2) is 0 Å². The molecule has 0 aromatic heterocycles. The largest absolute Gasteiger partial charge is 0.480 e. The van der Waals surface area contributed by atoms with E-state index in [1.54, 1.807) is 0 Å². The Hall–Kier alpha value is -2.24. The van der Waals surface area contributed by atoms with Crippen molar-refractivity contribution in [2.24, 2.45) is 23.3 Å². The first-order valence-electron chi connectivity index (χ1n) is 11.2. The molecule has 0 fully saturated rings. The lowest BCUT2D eigenvalue weighted by molar-refractivity contribution is -0.143. The van der Waals surface area contributed by atoms with E-state index in [1.165, 1.54) is 0 Å². The Morgan fingerprint density at radius 3 is 1.88 bits per heavy atom. The highest BCUT2D eigenvalue weighted by molar-refractivity contribution is 5.94. The molecule has 0 saturated heterocycles. The topological polar surface area (TPSA) is 197 Å². The summed E-state index contributed by atoms with van der Waals surface area (Å²) >= 11 is 0. The third kappa shape index (κ3) is 10.9. The van der Waals surface area contributed by atoms with Crippen molar-refractivity contribution in [2.75, 3.05) is 13.2 Å². The summed E-state index contributed by atoms with van der Waals surface area (Å²) in [7, 11) is 0. The summed E-state index contributed by atoms with van der Waals surface area (Å²) in [6, 6.07) is -4.21. The van der Waals surface area contributed by atoms with Crippen molar-refractivity contribution in [3.8, 4) is 0 Å². The van der Waals surface area contributed by atoms with Crippen LogP contribution in [-0.2, 0) is 19.2 Å². The second-order valence-electron chi connectivity index (χ2n) is 8.53. The Labute approximate surface area is 190 Å². The number of hydrogen-bond acceptors (Lipinski definition) is 7. The van der Waals surface area contributed by atoms with Crippen molar-refractivity contribution >= 4 is 23.7 Å². The van der Waals surface area contributed by atoms with Gasteiger partial charge in [-0.15, -0.1) is 0 Å². The molecular weight excluding hydrogens is 418 g/mol. The number of aliphatic carboxylic acids is 1. The fraction of sp³-hybridized carbons (Fsp3) is 0.810. The average molecular weight is 460 g/mol. The van der Waals surface area contributed by atoms with Crippen LogP contribution in [0.4, 0.5) is 0 Å². The van der Waals surface area contributed by atoms with Crippen LogP contribution in [0.25, 0.3) is 0 Å². The lowest BCUT2D eigenvalue weighted by atomic mass is 9.98. The number of amides is 3. The molecule has 0 aliphatic heterocycles. The summed E-state index contributed by atoms with van der Waals surface area (Å²) < 4.78 is 0. The van der Waals surface area contributed by atoms with E-state index in [-0.39, 0.29) is 18.3 Å². The molecule has 5 atom stereocenters. The lowest BCUT2D eigenvalue weighted by Gasteiger charge is -2.26. The molecule has 186 valence electrons. The van der Waals surface area contributed by atoms with Crippen LogP contribution in [0.2, 0.25) is 0 Å². The van der Waals surface area contributed by atoms with Gasteiger partial charge in [-0.1, -0.05) is 34.1 Å². The standard InChI is InChI=1S/C21H41N5O6/c1-5-13(4)17(23)20(30)24-14(8-6-7-9-22)18(28)25-15(10-12(2)3)19(29)26-16(11-27)21(31)32/h12-17,27H,5-11,22-23H2,1-4H3,(H,24,30)(H,25,28)(H,26,29)(H,31,32). The molecule has 9 N–H and O–H groups in total. The monoisotopic (exact) mass is 459 g/mol. The Morgan fingerprint density at radius 1 is 0.875 bits per heavy atom. The molecular formula is C21H41N5O6. The number of carboxylic acids is 1. The molecule has 3 amide bonds. The number of nitrogens with one attached hydrogen (secondary N) is 3. The van der Waals surface area contributed by atoms with Crippen molar-refractivity contribution in [3.05, 3.63) is 0 Å². The molecule has 0 rings (SSSR count). The van der Waals surface area contributed by atoms with Crippen molar-refractivity contribution in [1.29, 1.82) is 0 Å². The minimum Gasteiger partial charge on any atom is -0.480 e. The lowest BCUT2D eigenvalue weighted by Crippen LogP contribution is -2.58. The molecule has 11 heteroatoms. The predicted octanol–water partition coefficient (Wildman–Crippen LogP) is -0.934. The first-order chi connectivity index (χ1) is 15.0. The fourth-order valence-electron chi connectivity index (χ4n) is 2.97. The SMILES string of the molecule is CCC(C)C(N)C(=O)NC(CCCCN)C(=O)NC(CC(C)C)C(=O)NC(CO)C(=O)O. The van der Waals surface area contributed by atoms with Gasteiger partial charge in [0.25, 0.3) is 0 Å². The maximum absolute atomic E-state index is 13.0. The van der Waals surface area contributed by atoms with Crippen LogP contribution in [0.1, 0.15) is 59.8 Å². The second kappa shape index (κ2) is 15.5. The quantitative estimate of drug-likeness (QED) is 0.144. The van der Waals surface area contributed by atoms with Crippen LogP contribution in [0.5, 0.6) is 0 Å². The molecule has 0 bridgehead atoms. The number of rotatable bonds is 16. The fourth-order valence-corrected chi connectivity index (χ4v) is 2.97. The van der Waals surface area contributed by atoms with Gasteiger partial charge in [-0.05, 0) is 44.1 Å². The van der Waals surface area contributed by atoms with Gasteiger partial charge in [0, 0.05) is 0 Å². The molecule has 0 radical (unpaired) electrons. The van der Waals surface area contributed by atoms with Gasteiger partial charge in [-0.2, -0.15) is 0 Å². The van der Waals surface area contributed by atoms with E-state index in [2.05, 4.69) is 16.0 Å². The molecule has 0 aromatic rings. The molecule has 0 aromatic carbocycles. The van der Waals surface area contributed by atoms with E-state index >= 15 is 0 Å². The summed E-state index contributed by atoms with van der Waals surface area (Å²) in [6.45, 7) is 7.10. The van der Waals surface area contributed by atoms with Crippen LogP contribution < -0.4 is 27.4 Å². The van der Waals surface area contributed by atoms with Gasteiger partial charge < -0.3 is 37.6 Å². The smallest absolute Gasteiger partial charge is 0.328 e. The zero-order chi connectivity index (χ0) is 24.8. The maximum Gasteiger partial charge on any atom is 0.328 e. The van der Waals surface area contributed by atoms with Gasteiger partial charge in [0.1, 0.15) is 18.1 Å². The minimum absolute atomic E-state index is 0.00700. The third-order valence-electron chi connectivity index (χ3n) is 5.28. The van der Waals surface area contributed by atoms with Crippen LogP contribution in [0, 0.1) is 11.8 Å². The molecule has 0 aliphatic rings. The van der Waals surface area contributed by atoms with E-state index < -0.39 is 54.5 Å². The summed E-state index contributed by atoms with van der Waals surface area (Å²) in [5.74, 6) is -3.20. The number of unbranched alkanes of at least 4 members (excludes halogenated alkanes) is 1. The molecule has 11 nitrogen and oxygen atoms in total. The predicted molar refractivity (Wildman–Crippen MR) is 120 cm³/mol. The van der Waals surface area contributed by atoms with Gasteiger partial charge in [0.05, 0.1) is 12.6 Å². The van der Waals surface area contributed by atoms with Crippen molar-refractivity contribution in [1.82, 2.24) is 16.0 Å². The number of aliphatic hydroxyl groups excluding tert-OH is 1. The number of nitrogens with two attached hydrogens (primary N) is 2. The van der Waals surface area contributed by atoms with Gasteiger partial charge >= 0.3 is 5.97 Å². The first-order valence-corrected chi connectivity index (χ1v) is 11.2. The first kappa shape index (κ1) is 29.8. The number of carbonyl (C=O) groups is 4. The van der Waals surface area contributed by atoms with Gasteiger partial charge in [0.2, 0.25) is 17.7 Å². The zero-order valence-corrected chi connectivity index (χ0v) is 19.6. The van der Waals surface area contributed by atoms with Crippen molar-refractivity contribution < 1.29 is 29.4 Å². The highest BCUT2D eigenvalue weighted by Crippen LogP contribution is 2.10. The van der Waals surface area contributed by atoms with E-state index in [0.29, 0.717) is 32.2 Å². The highest BCUT2D eigenvalue weighted by Gasteiger charge is 2.31. The molecule has 5 unspecified atom stereocenters. The second-order valence-corrected chi connectivity index (χ2v) is 8.53. The normalized spacial score (nSPS) is 15.9. The molecule has 0 aliphatic carbocycles. The Kier molecular flexibility index (Phi) is 14.5. The van der Waals surface area contributed by atoms with E-state index in [4.69, 9.17) is 21.7 Å². The van der Waals surface area contributed by atoms with Crippen molar-refractivity contribution in [2.45, 2.75) is 84.0 Å². The van der Waals surface area contributed by atoms with E-state index in [9.17, 15) is 19.2 Å². The Balaban J connectivity index is 5.45. The van der Waals surface area contributed by atoms with Crippen LogP contribution in [-0.4, -0.2) is 71.2 Å².